The zero-order valence-corrected chi connectivity index (χ0v) is 14.4. The maximum absolute atomic E-state index is 12.1. The quantitative estimate of drug-likeness (QED) is 0.906. The van der Waals surface area contributed by atoms with Gasteiger partial charge in [0.15, 0.2) is 0 Å². The fourth-order valence-electron chi connectivity index (χ4n) is 2.13. The van der Waals surface area contributed by atoms with Gasteiger partial charge in [0.1, 0.15) is 11.5 Å². The van der Waals surface area contributed by atoms with E-state index in [-0.39, 0.29) is 10.8 Å². The largest absolute Gasteiger partial charge is 0.466 e. The van der Waals surface area contributed by atoms with Crippen LogP contribution in [0.25, 0.3) is 0 Å². The number of sulfonamides is 1. The zero-order valence-electron chi connectivity index (χ0n) is 13.6. The maximum Gasteiger partial charge on any atom is 0.251 e. The van der Waals surface area contributed by atoms with Gasteiger partial charge in [0.2, 0.25) is 10.0 Å². The second kappa shape index (κ2) is 6.55. The Kier molecular flexibility index (Phi) is 4.91. The number of rotatable bonds is 5. The number of carbonyl (C=O) groups excluding carboxylic acids is 1. The minimum absolute atomic E-state index is 0.153. The van der Waals surface area contributed by atoms with E-state index in [1.165, 1.54) is 38.4 Å². The summed E-state index contributed by atoms with van der Waals surface area (Å²) in [5.41, 5.74) is 1.32. The van der Waals surface area contributed by atoms with E-state index in [1.54, 1.807) is 0 Å². The van der Waals surface area contributed by atoms with E-state index in [2.05, 4.69) is 5.32 Å². The Bertz CT molecular complexity index is 805. The van der Waals surface area contributed by atoms with Gasteiger partial charge >= 0.3 is 0 Å². The van der Waals surface area contributed by atoms with Crippen molar-refractivity contribution in [2.75, 3.05) is 14.1 Å². The zero-order chi connectivity index (χ0) is 17.2. The molecule has 0 atom stereocenters. The lowest BCUT2D eigenvalue weighted by Crippen LogP contribution is -2.24. The first-order chi connectivity index (χ1) is 10.7. The Balaban J connectivity index is 2.07. The smallest absolute Gasteiger partial charge is 0.251 e. The lowest BCUT2D eigenvalue weighted by atomic mass is 10.2. The minimum Gasteiger partial charge on any atom is -0.466 e. The molecule has 0 radical (unpaired) electrons. The van der Waals surface area contributed by atoms with E-state index in [0.29, 0.717) is 12.1 Å². The topological polar surface area (TPSA) is 79.6 Å². The highest BCUT2D eigenvalue weighted by Gasteiger charge is 2.17. The molecule has 2 aromatic rings. The first-order valence-corrected chi connectivity index (χ1v) is 8.52. The van der Waals surface area contributed by atoms with Crippen molar-refractivity contribution < 1.29 is 17.6 Å². The molecule has 2 rings (SSSR count). The van der Waals surface area contributed by atoms with Crippen LogP contribution in [0.3, 0.4) is 0 Å². The van der Waals surface area contributed by atoms with E-state index in [0.717, 1.165) is 21.4 Å². The second-order valence-corrected chi connectivity index (χ2v) is 7.58. The van der Waals surface area contributed by atoms with Gasteiger partial charge in [0.25, 0.3) is 5.91 Å². The van der Waals surface area contributed by atoms with E-state index >= 15 is 0 Å². The Morgan fingerprint density at radius 3 is 2.26 bits per heavy atom. The normalized spacial score (nSPS) is 11.7. The van der Waals surface area contributed by atoms with Crippen LogP contribution >= 0.6 is 0 Å². The van der Waals surface area contributed by atoms with Gasteiger partial charge < -0.3 is 9.73 Å². The molecule has 7 heteroatoms. The number of aryl methyl sites for hydroxylation is 2. The summed E-state index contributed by atoms with van der Waals surface area (Å²) in [4.78, 5) is 12.3. The van der Waals surface area contributed by atoms with Gasteiger partial charge in [0, 0.05) is 31.8 Å². The second-order valence-electron chi connectivity index (χ2n) is 5.43. The number of nitrogens with one attached hydrogen (secondary N) is 1. The third kappa shape index (κ3) is 3.80. The average molecular weight is 336 g/mol. The van der Waals surface area contributed by atoms with Crippen LogP contribution in [-0.2, 0) is 16.6 Å². The highest BCUT2D eigenvalue weighted by atomic mass is 32.2. The summed E-state index contributed by atoms with van der Waals surface area (Å²) in [5, 5.41) is 2.79. The first kappa shape index (κ1) is 17.2. The van der Waals surface area contributed by atoms with Crippen molar-refractivity contribution in [2.24, 2.45) is 0 Å². The van der Waals surface area contributed by atoms with Crippen LogP contribution in [0.2, 0.25) is 0 Å². The Morgan fingerprint density at radius 1 is 1.17 bits per heavy atom. The van der Waals surface area contributed by atoms with E-state index < -0.39 is 10.0 Å². The predicted molar refractivity (Wildman–Crippen MR) is 86.7 cm³/mol. The molecule has 124 valence electrons. The van der Waals surface area contributed by atoms with Gasteiger partial charge in [-0.3, -0.25) is 4.79 Å². The van der Waals surface area contributed by atoms with Crippen LogP contribution in [0.1, 0.15) is 27.4 Å². The standard InChI is InChI=1S/C16H20N2O4S/c1-11-9-14(12(2)22-11)10-17-16(19)13-5-7-15(8-6-13)23(20,21)18(3)4/h5-9H,10H2,1-4H3,(H,17,19). The number of carbonyl (C=O) groups is 1. The van der Waals surface area contributed by atoms with Crippen molar-refractivity contribution in [2.45, 2.75) is 25.3 Å². The molecular weight excluding hydrogens is 316 g/mol. The molecule has 0 aliphatic carbocycles. The third-order valence-electron chi connectivity index (χ3n) is 3.48. The Morgan fingerprint density at radius 2 is 1.78 bits per heavy atom. The first-order valence-electron chi connectivity index (χ1n) is 7.08. The third-order valence-corrected chi connectivity index (χ3v) is 5.31. The molecule has 0 saturated carbocycles. The van der Waals surface area contributed by atoms with Crippen LogP contribution in [0.15, 0.2) is 39.6 Å². The van der Waals surface area contributed by atoms with Gasteiger partial charge in [-0.1, -0.05) is 0 Å². The van der Waals surface area contributed by atoms with Gasteiger partial charge in [-0.2, -0.15) is 0 Å². The molecule has 1 aromatic carbocycles. The Hall–Kier alpha value is -2.12. The summed E-state index contributed by atoms with van der Waals surface area (Å²) in [6.45, 7) is 4.05. The van der Waals surface area contributed by atoms with Crippen LogP contribution in [0.5, 0.6) is 0 Å². The molecule has 0 saturated heterocycles. The fraction of sp³-hybridized carbons (Fsp3) is 0.312. The maximum atomic E-state index is 12.1. The summed E-state index contributed by atoms with van der Waals surface area (Å²) in [5.74, 6) is 1.30. The fourth-order valence-corrected chi connectivity index (χ4v) is 3.03. The number of amides is 1. The molecule has 23 heavy (non-hydrogen) atoms. The molecule has 1 amide bonds. The van der Waals surface area contributed by atoms with Crippen LogP contribution < -0.4 is 5.32 Å². The molecule has 0 bridgehead atoms. The molecule has 1 N–H and O–H groups in total. The SMILES string of the molecule is Cc1cc(CNC(=O)c2ccc(S(=O)(=O)N(C)C)cc2)c(C)o1. The lowest BCUT2D eigenvalue weighted by Gasteiger charge is -2.11. The molecular formula is C16H20N2O4S. The molecule has 0 fully saturated rings. The highest BCUT2D eigenvalue weighted by molar-refractivity contribution is 7.89. The molecule has 1 aromatic heterocycles. The molecule has 0 unspecified atom stereocenters. The van der Waals surface area contributed by atoms with E-state index in [1.807, 2.05) is 19.9 Å². The summed E-state index contributed by atoms with van der Waals surface area (Å²) < 4.78 is 30.5. The number of furan rings is 1. The van der Waals surface area contributed by atoms with Crippen LogP contribution in [0.4, 0.5) is 0 Å². The van der Waals surface area contributed by atoms with Gasteiger partial charge in [0.05, 0.1) is 4.90 Å². The summed E-state index contributed by atoms with van der Waals surface area (Å²) >= 11 is 0. The molecule has 6 nitrogen and oxygen atoms in total. The number of nitrogens with zero attached hydrogens (tertiary/aromatic N) is 1. The highest BCUT2D eigenvalue weighted by Crippen LogP contribution is 2.15. The van der Waals surface area contributed by atoms with Crippen molar-refractivity contribution in [3.05, 3.63) is 53.0 Å². The average Bonchev–Trinajstić information content (AvgIpc) is 2.82. The van der Waals surface area contributed by atoms with E-state index in [9.17, 15) is 13.2 Å². The van der Waals surface area contributed by atoms with Crippen molar-refractivity contribution >= 4 is 15.9 Å². The number of hydrogen-bond donors (Lipinski definition) is 1. The lowest BCUT2D eigenvalue weighted by molar-refractivity contribution is 0.0950. The van der Waals surface area contributed by atoms with Gasteiger partial charge in [-0.15, -0.1) is 0 Å². The van der Waals surface area contributed by atoms with Crippen LogP contribution in [-0.4, -0.2) is 32.7 Å². The Labute approximate surface area is 136 Å². The molecule has 0 spiro atoms. The van der Waals surface area contributed by atoms with Crippen molar-refractivity contribution in [3.8, 4) is 0 Å². The van der Waals surface area contributed by atoms with Gasteiger partial charge in [-0.05, 0) is 44.2 Å². The van der Waals surface area contributed by atoms with E-state index in [4.69, 9.17) is 4.42 Å². The molecule has 0 aliphatic rings. The monoisotopic (exact) mass is 336 g/mol. The number of benzene rings is 1. The van der Waals surface area contributed by atoms with Gasteiger partial charge in [-0.25, -0.2) is 12.7 Å². The number of hydrogen-bond acceptors (Lipinski definition) is 4. The summed E-state index contributed by atoms with van der Waals surface area (Å²) in [6.07, 6.45) is 0. The van der Waals surface area contributed by atoms with Crippen molar-refractivity contribution in [1.82, 2.24) is 9.62 Å². The molecule has 0 aliphatic heterocycles. The predicted octanol–water partition coefficient (Wildman–Crippen LogP) is 2.08. The van der Waals surface area contributed by atoms with Crippen molar-refractivity contribution in [3.63, 3.8) is 0 Å². The minimum atomic E-state index is -3.49. The summed E-state index contributed by atoms with van der Waals surface area (Å²) in [6, 6.07) is 7.73. The summed E-state index contributed by atoms with van der Waals surface area (Å²) in [7, 11) is -0.561. The van der Waals surface area contributed by atoms with Crippen LogP contribution in [0, 0.1) is 13.8 Å². The van der Waals surface area contributed by atoms with Crippen molar-refractivity contribution in [1.29, 1.82) is 0 Å². The molecule has 1 heterocycles.